The lowest BCUT2D eigenvalue weighted by atomic mass is 10.0. The molecular formula is C20H31N3O2. The molecule has 2 aliphatic rings. The van der Waals surface area contributed by atoms with Gasteiger partial charge in [-0.25, -0.2) is 0 Å². The molecule has 0 radical (unpaired) electrons. The van der Waals surface area contributed by atoms with Gasteiger partial charge in [-0.05, 0) is 44.4 Å². The number of benzene rings is 1. The first kappa shape index (κ1) is 18.4. The molecule has 2 saturated heterocycles. The van der Waals surface area contributed by atoms with Gasteiger partial charge in [-0.1, -0.05) is 30.7 Å². The second-order valence-electron chi connectivity index (χ2n) is 7.36. The van der Waals surface area contributed by atoms with E-state index in [9.17, 15) is 4.79 Å². The molecule has 25 heavy (non-hydrogen) atoms. The lowest BCUT2D eigenvalue weighted by molar-refractivity contribution is -0.129. The molecule has 1 aromatic rings. The van der Waals surface area contributed by atoms with Crippen LogP contribution >= 0.6 is 0 Å². The Balaban J connectivity index is 1.48. The monoisotopic (exact) mass is 345 g/mol. The molecule has 1 amide bonds. The van der Waals surface area contributed by atoms with Crippen LogP contribution in [0, 0.1) is 0 Å². The number of hydrogen-bond donors (Lipinski definition) is 2. The number of piperidine rings is 1. The van der Waals surface area contributed by atoms with Crippen LogP contribution in [0.5, 0.6) is 0 Å². The molecule has 1 unspecified atom stereocenters. The quantitative estimate of drug-likeness (QED) is 0.858. The molecule has 0 spiro atoms. The number of hydrogen-bond acceptors (Lipinski definition) is 4. The van der Waals surface area contributed by atoms with Crippen LogP contribution in [0.4, 0.5) is 0 Å². The van der Waals surface area contributed by atoms with Crippen molar-refractivity contribution in [3.05, 3.63) is 35.4 Å². The predicted octanol–water partition coefficient (Wildman–Crippen LogP) is 2.05. The third-order valence-electron chi connectivity index (χ3n) is 5.41. The smallest absolute Gasteiger partial charge is 0.240 e. The lowest BCUT2D eigenvalue weighted by Crippen LogP contribution is -2.55. The fourth-order valence-corrected chi connectivity index (χ4v) is 3.72. The molecule has 2 aliphatic heterocycles. The predicted molar refractivity (Wildman–Crippen MR) is 99.2 cm³/mol. The van der Waals surface area contributed by atoms with Crippen molar-refractivity contribution in [2.45, 2.75) is 64.4 Å². The maximum absolute atomic E-state index is 12.3. The Morgan fingerprint density at radius 3 is 2.72 bits per heavy atom. The Bertz CT molecular complexity index is 561. The molecule has 3 rings (SSSR count). The largest absolute Gasteiger partial charge is 0.375 e. The summed E-state index contributed by atoms with van der Waals surface area (Å²) in [4.78, 5) is 14.9. The van der Waals surface area contributed by atoms with Crippen molar-refractivity contribution in [3.63, 3.8) is 0 Å². The summed E-state index contributed by atoms with van der Waals surface area (Å²) in [6.45, 7) is 8.44. The van der Waals surface area contributed by atoms with Gasteiger partial charge in [0.1, 0.15) is 6.04 Å². The standard InChI is InChI=1S/C20H31N3O2/c1-15-5-3-4-11-23(15)14-18-8-6-17(7-9-18)13-22-20(24)19-16(2)25-12-10-21-19/h6-9,15-16,19,21H,3-5,10-14H2,1-2H3,(H,22,24)/t15?,16-,19+/m1/s1. The SMILES string of the molecule is CC1CCCCN1Cc1ccc(CNC(=O)[C@H]2NCCO[C@@H]2C)cc1. The molecule has 5 nitrogen and oxygen atoms in total. The molecule has 1 aromatic carbocycles. The van der Waals surface area contributed by atoms with Gasteiger partial charge in [0.2, 0.25) is 5.91 Å². The van der Waals surface area contributed by atoms with Crippen molar-refractivity contribution in [2.75, 3.05) is 19.7 Å². The van der Waals surface area contributed by atoms with Crippen molar-refractivity contribution in [1.82, 2.24) is 15.5 Å². The lowest BCUT2D eigenvalue weighted by Gasteiger charge is -2.33. The van der Waals surface area contributed by atoms with Gasteiger partial charge in [-0.3, -0.25) is 9.69 Å². The number of nitrogens with zero attached hydrogens (tertiary/aromatic N) is 1. The molecule has 2 fully saturated rings. The third kappa shape index (κ3) is 5.03. The first-order valence-electron chi connectivity index (χ1n) is 9.58. The highest BCUT2D eigenvalue weighted by Gasteiger charge is 2.27. The van der Waals surface area contributed by atoms with E-state index in [4.69, 9.17) is 4.74 Å². The number of morpholine rings is 1. The van der Waals surface area contributed by atoms with Crippen LogP contribution in [0.25, 0.3) is 0 Å². The number of carbonyl (C=O) groups is 1. The Kier molecular flexibility index (Phi) is 6.45. The average molecular weight is 345 g/mol. The van der Waals surface area contributed by atoms with Gasteiger partial charge < -0.3 is 15.4 Å². The van der Waals surface area contributed by atoms with Crippen LogP contribution in [0.3, 0.4) is 0 Å². The van der Waals surface area contributed by atoms with Gasteiger partial charge in [-0.2, -0.15) is 0 Å². The van der Waals surface area contributed by atoms with E-state index in [0.717, 1.165) is 18.7 Å². The Morgan fingerprint density at radius 1 is 1.24 bits per heavy atom. The zero-order valence-electron chi connectivity index (χ0n) is 15.5. The van der Waals surface area contributed by atoms with E-state index in [1.807, 2.05) is 6.92 Å². The van der Waals surface area contributed by atoms with E-state index in [2.05, 4.69) is 46.7 Å². The summed E-state index contributed by atoms with van der Waals surface area (Å²) < 4.78 is 5.53. The third-order valence-corrected chi connectivity index (χ3v) is 5.41. The van der Waals surface area contributed by atoms with E-state index in [1.165, 1.54) is 31.4 Å². The number of rotatable bonds is 5. The Labute approximate surface area is 151 Å². The van der Waals surface area contributed by atoms with Crippen LogP contribution in [0.2, 0.25) is 0 Å². The highest BCUT2D eigenvalue weighted by atomic mass is 16.5. The summed E-state index contributed by atoms with van der Waals surface area (Å²) in [7, 11) is 0. The topological polar surface area (TPSA) is 53.6 Å². The summed E-state index contributed by atoms with van der Waals surface area (Å²) in [5, 5.41) is 6.24. The van der Waals surface area contributed by atoms with Gasteiger partial charge in [-0.15, -0.1) is 0 Å². The fourth-order valence-electron chi connectivity index (χ4n) is 3.72. The van der Waals surface area contributed by atoms with E-state index in [0.29, 0.717) is 19.2 Å². The van der Waals surface area contributed by atoms with Gasteiger partial charge in [0.25, 0.3) is 0 Å². The van der Waals surface area contributed by atoms with Crippen LogP contribution < -0.4 is 10.6 Å². The van der Waals surface area contributed by atoms with Crippen LogP contribution in [0.15, 0.2) is 24.3 Å². The summed E-state index contributed by atoms with van der Waals surface area (Å²) in [6, 6.07) is 9.05. The minimum atomic E-state index is -0.256. The molecule has 2 N–H and O–H groups in total. The average Bonchev–Trinajstić information content (AvgIpc) is 2.63. The van der Waals surface area contributed by atoms with Crippen LogP contribution in [0.1, 0.15) is 44.2 Å². The molecule has 0 saturated carbocycles. The summed E-state index contributed by atoms with van der Waals surface area (Å²) >= 11 is 0. The van der Waals surface area contributed by atoms with Crippen molar-refractivity contribution in [3.8, 4) is 0 Å². The molecule has 5 heteroatoms. The number of carbonyl (C=O) groups excluding carboxylic acids is 1. The van der Waals surface area contributed by atoms with Crippen molar-refractivity contribution < 1.29 is 9.53 Å². The van der Waals surface area contributed by atoms with Crippen molar-refractivity contribution in [2.24, 2.45) is 0 Å². The second kappa shape index (κ2) is 8.79. The van der Waals surface area contributed by atoms with Crippen molar-refractivity contribution in [1.29, 1.82) is 0 Å². The van der Waals surface area contributed by atoms with E-state index in [1.54, 1.807) is 0 Å². The maximum atomic E-state index is 12.3. The Morgan fingerprint density at radius 2 is 2.00 bits per heavy atom. The van der Waals surface area contributed by atoms with E-state index in [-0.39, 0.29) is 18.1 Å². The highest BCUT2D eigenvalue weighted by molar-refractivity contribution is 5.82. The normalized spacial score (nSPS) is 27.8. The van der Waals surface area contributed by atoms with Gasteiger partial charge >= 0.3 is 0 Å². The van der Waals surface area contributed by atoms with Crippen LogP contribution in [-0.4, -0.2) is 48.7 Å². The minimum Gasteiger partial charge on any atom is -0.375 e. The van der Waals surface area contributed by atoms with E-state index >= 15 is 0 Å². The first-order chi connectivity index (χ1) is 12.1. The van der Waals surface area contributed by atoms with Gasteiger partial charge in [0.05, 0.1) is 12.7 Å². The zero-order valence-corrected chi connectivity index (χ0v) is 15.5. The second-order valence-corrected chi connectivity index (χ2v) is 7.36. The highest BCUT2D eigenvalue weighted by Crippen LogP contribution is 2.19. The van der Waals surface area contributed by atoms with Gasteiger partial charge in [0, 0.05) is 25.7 Å². The molecule has 138 valence electrons. The molecule has 0 aliphatic carbocycles. The molecule has 0 bridgehead atoms. The van der Waals surface area contributed by atoms with Gasteiger partial charge in [0.15, 0.2) is 0 Å². The van der Waals surface area contributed by atoms with E-state index < -0.39 is 0 Å². The Hall–Kier alpha value is -1.43. The molecule has 2 heterocycles. The maximum Gasteiger partial charge on any atom is 0.240 e. The number of nitrogens with one attached hydrogen (secondary N) is 2. The summed E-state index contributed by atoms with van der Waals surface area (Å²) in [6.07, 6.45) is 3.89. The molecule has 3 atom stereocenters. The van der Waals surface area contributed by atoms with Crippen molar-refractivity contribution >= 4 is 5.91 Å². The fraction of sp³-hybridized carbons (Fsp3) is 0.650. The first-order valence-corrected chi connectivity index (χ1v) is 9.58. The zero-order chi connectivity index (χ0) is 17.6. The van der Waals surface area contributed by atoms with Crippen LogP contribution in [-0.2, 0) is 22.6 Å². The molecular weight excluding hydrogens is 314 g/mol. The number of ether oxygens (including phenoxy) is 1. The number of amides is 1. The number of likely N-dealkylation sites (tertiary alicyclic amines) is 1. The minimum absolute atomic E-state index is 0.0124. The summed E-state index contributed by atoms with van der Waals surface area (Å²) in [5.74, 6) is 0.0124. The summed E-state index contributed by atoms with van der Waals surface area (Å²) in [5.41, 5.74) is 2.48. The molecule has 0 aromatic heterocycles.